The van der Waals surface area contributed by atoms with E-state index in [-0.39, 0.29) is 10.8 Å². The molecule has 2 aliphatic heterocycles. The summed E-state index contributed by atoms with van der Waals surface area (Å²) in [5, 5.41) is 4.19. The lowest BCUT2D eigenvalue weighted by molar-refractivity contribution is 0.142. The van der Waals surface area contributed by atoms with Gasteiger partial charge in [0.15, 0.2) is 0 Å². The molecule has 3 unspecified atom stereocenters. The Morgan fingerprint density at radius 1 is 1.26 bits per heavy atom. The van der Waals surface area contributed by atoms with Crippen LogP contribution >= 0.6 is 0 Å². The molecule has 0 aromatic heterocycles. The highest BCUT2D eigenvalue weighted by molar-refractivity contribution is 7.89. The SMILES string of the molecule is CC(=NNS(=O)(=O)c1ccc(C)cc1)C1CC2C=CC1N(C)C2. The summed E-state index contributed by atoms with van der Waals surface area (Å²) in [5.74, 6) is 0.804. The van der Waals surface area contributed by atoms with Crippen molar-refractivity contribution in [3.05, 3.63) is 42.0 Å². The topological polar surface area (TPSA) is 61.8 Å². The molecule has 0 radical (unpaired) electrons. The van der Waals surface area contributed by atoms with E-state index in [1.54, 1.807) is 24.3 Å². The fourth-order valence-corrected chi connectivity index (χ4v) is 4.30. The summed E-state index contributed by atoms with van der Waals surface area (Å²) in [6.07, 6.45) is 5.52. The lowest BCUT2D eigenvalue weighted by Gasteiger charge is -2.44. The van der Waals surface area contributed by atoms with E-state index in [2.05, 4.69) is 34.0 Å². The molecule has 1 saturated heterocycles. The maximum Gasteiger partial charge on any atom is 0.276 e. The zero-order chi connectivity index (χ0) is 16.6. The average molecular weight is 333 g/mol. The number of nitrogens with one attached hydrogen (secondary N) is 1. The summed E-state index contributed by atoms with van der Waals surface area (Å²) in [5.41, 5.74) is 1.86. The van der Waals surface area contributed by atoms with Crippen LogP contribution in [-0.2, 0) is 10.0 Å². The Morgan fingerprint density at radius 3 is 2.57 bits per heavy atom. The van der Waals surface area contributed by atoms with Crippen molar-refractivity contribution in [2.24, 2.45) is 16.9 Å². The van der Waals surface area contributed by atoms with Crippen LogP contribution in [0.3, 0.4) is 0 Å². The van der Waals surface area contributed by atoms with Crippen molar-refractivity contribution in [3.8, 4) is 0 Å². The van der Waals surface area contributed by atoms with E-state index >= 15 is 0 Å². The first-order valence-corrected chi connectivity index (χ1v) is 9.36. The number of aryl methyl sites for hydroxylation is 1. The maximum atomic E-state index is 12.3. The van der Waals surface area contributed by atoms with Gasteiger partial charge in [0.2, 0.25) is 0 Å². The molecule has 0 saturated carbocycles. The Kier molecular flexibility index (Phi) is 4.29. The third-order valence-electron chi connectivity index (χ3n) is 4.79. The lowest BCUT2D eigenvalue weighted by Crippen LogP contribution is -2.50. The monoisotopic (exact) mass is 333 g/mol. The van der Waals surface area contributed by atoms with Crippen LogP contribution in [0, 0.1) is 18.8 Å². The molecular formula is C17H23N3O2S. The van der Waals surface area contributed by atoms with E-state index in [4.69, 9.17) is 0 Å². The van der Waals surface area contributed by atoms with Crippen LogP contribution < -0.4 is 4.83 Å². The van der Waals surface area contributed by atoms with Crippen LogP contribution in [0.15, 0.2) is 46.4 Å². The minimum absolute atomic E-state index is 0.238. The van der Waals surface area contributed by atoms with E-state index in [9.17, 15) is 8.42 Å². The van der Waals surface area contributed by atoms with Crippen molar-refractivity contribution >= 4 is 15.7 Å². The first-order valence-electron chi connectivity index (χ1n) is 7.88. The lowest BCUT2D eigenvalue weighted by atomic mass is 9.76. The molecule has 0 amide bonds. The minimum atomic E-state index is -3.61. The van der Waals surface area contributed by atoms with E-state index in [1.807, 2.05) is 13.8 Å². The van der Waals surface area contributed by atoms with Crippen LogP contribution in [0.1, 0.15) is 18.9 Å². The van der Waals surface area contributed by atoms with E-state index in [0.29, 0.717) is 12.0 Å². The molecule has 2 bridgehead atoms. The molecule has 2 heterocycles. The van der Waals surface area contributed by atoms with Gasteiger partial charge in [0, 0.05) is 24.2 Å². The Labute approximate surface area is 138 Å². The number of nitrogens with zero attached hydrogens (tertiary/aromatic N) is 2. The molecule has 5 nitrogen and oxygen atoms in total. The highest BCUT2D eigenvalue weighted by atomic mass is 32.2. The number of hydrazone groups is 1. The summed E-state index contributed by atoms with van der Waals surface area (Å²) < 4.78 is 24.6. The molecular weight excluding hydrogens is 310 g/mol. The maximum absolute atomic E-state index is 12.3. The first-order chi connectivity index (χ1) is 10.9. The van der Waals surface area contributed by atoms with Crippen molar-refractivity contribution in [3.63, 3.8) is 0 Å². The number of sulfonamides is 1. The van der Waals surface area contributed by atoms with Crippen LogP contribution in [0.4, 0.5) is 0 Å². The molecule has 1 N–H and O–H groups in total. The largest absolute Gasteiger partial charge is 0.299 e. The molecule has 1 aromatic rings. The Hall–Kier alpha value is -1.66. The van der Waals surface area contributed by atoms with Gasteiger partial charge < -0.3 is 0 Å². The summed E-state index contributed by atoms with van der Waals surface area (Å²) in [7, 11) is -1.50. The third-order valence-corrected chi connectivity index (χ3v) is 6.02. The van der Waals surface area contributed by atoms with Gasteiger partial charge in [0.1, 0.15) is 0 Å². The molecule has 6 heteroatoms. The van der Waals surface area contributed by atoms with Crippen LogP contribution in [0.2, 0.25) is 0 Å². The van der Waals surface area contributed by atoms with Crippen LogP contribution in [0.5, 0.6) is 0 Å². The van der Waals surface area contributed by atoms with Crippen molar-refractivity contribution in [1.82, 2.24) is 9.73 Å². The smallest absolute Gasteiger partial charge is 0.276 e. The fraction of sp³-hybridized carbons (Fsp3) is 0.471. The molecule has 0 spiro atoms. The van der Waals surface area contributed by atoms with Crippen molar-refractivity contribution < 1.29 is 8.42 Å². The van der Waals surface area contributed by atoms with E-state index in [0.717, 1.165) is 24.2 Å². The Morgan fingerprint density at radius 2 is 1.96 bits per heavy atom. The highest BCUT2D eigenvalue weighted by Crippen LogP contribution is 2.34. The molecule has 23 heavy (non-hydrogen) atoms. The highest BCUT2D eigenvalue weighted by Gasteiger charge is 2.37. The quantitative estimate of drug-likeness (QED) is 0.522. The van der Waals surface area contributed by atoms with Gasteiger partial charge in [-0.15, -0.1) is 0 Å². The van der Waals surface area contributed by atoms with Gasteiger partial charge in [-0.2, -0.15) is 13.5 Å². The summed E-state index contributed by atoms with van der Waals surface area (Å²) >= 11 is 0. The second-order valence-electron chi connectivity index (χ2n) is 6.58. The number of benzene rings is 1. The number of piperidine rings is 1. The Balaban J connectivity index is 1.74. The van der Waals surface area contributed by atoms with E-state index in [1.165, 1.54) is 0 Å². The van der Waals surface area contributed by atoms with Gasteiger partial charge in [-0.3, -0.25) is 4.90 Å². The molecule has 124 valence electrons. The first kappa shape index (κ1) is 16.2. The van der Waals surface area contributed by atoms with Gasteiger partial charge in [-0.05, 0) is 45.4 Å². The summed E-state index contributed by atoms with van der Waals surface area (Å²) in [6.45, 7) is 4.90. The molecule has 1 aliphatic carbocycles. The van der Waals surface area contributed by atoms with Gasteiger partial charge in [0.05, 0.1) is 4.90 Å². The van der Waals surface area contributed by atoms with Crippen LogP contribution in [0.25, 0.3) is 0 Å². The molecule has 4 rings (SSSR count). The number of fused-ring (bicyclic) bond motifs is 2. The van der Waals surface area contributed by atoms with Gasteiger partial charge in [-0.25, -0.2) is 4.83 Å². The molecule has 1 aromatic carbocycles. The fourth-order valence-electron chi connectivity index (χ4n) is 3.43. The zero-order valence-corrected chi connectivity index (χ0v) is 14.5. The second kappa shape index (κ2) is 6.09. The predicted molar refractivity (Wildman–Crippen MR) is 91.8 cm³/mol. The normalized spacial score (nSPS) is 28.1. The average Bonchev–Trinajstić information content (AvgIpc) is 2.53. The van der Waals surface area contributed by atoms with E-state index < -0.39 is 10.0 Å². The van der Waals surface area contributed by atoms with Crippen molar-refractivity contribution in [2.75, 3.05) is 13.6 Å². The standard InChI is InChI=1S/C17H23N3O2S/c1-12-4-7-15(8-5-12)23(21,22)19-18-13(2)16-10-14-6-9-17(16)20(3)11-14/h4-9,14,16-17,19H,10-11H2,1-3H3. The zero-order valence-electron chi connectivity index (χ0n) is 13.7. The summed E-state index contributed by atoms with van der Waals surface area (Å²) in [4.78, 5) is 4.93. The van der Waals surface area contributed by atoms with Gasteiger partial charge >= 0.3 is 0 Å². The second-order valence-corrected chi connectivity index (χ2v) is 8.24. The summed E-state index contributed by atoms with van der Waals surface area (Å²) in [6, 6.07) is 7.08. The van der Waals surface area contributed by atoms with Gasteiger partial charge in [0.25, 0.3) is 10.0 Å². The molecule has 3 aliphatic rings. The predicted octanol–water partition coefficient (Wildman–Crippen LogP) is 2.16. The third kappa shape index (κ3) is 3.33. The van der Waals surface area contributed by atoms with Crippen LogP contribution in [-0.4, -0.2) is 38.7 Å². The van der Waals surface area contributed by atoms with Crippen molar-refractivity contribution in [1.29, 1.82) is 0 Å². The molecule has 1 fully saturated rings. The minimum Gasteiger partial charge on any atom is -0.299 e. The number of rotatable bonds is 4. The number of hydrogen-bond acceptors (Lipinski definition) is 4. The van der Waals surface area contributed by atoms with Crippen molar-refractivity contribution in [2.45, 2.75) is 31.2 Å². The number of hydrogen-bond donors (Lipinski definition) is 1. The van der Waals surface area contributed by atoms with Gasteiger partial charge in [-0.1, -0.05) is 29.8 Å². The molecule has 3 atom stereocenters. The number of likely N-dealkylation sites (N-methyl/N-ethyl adjacent to an activating group) is 1. The Bertz CT molecular complexity index is 738.